The Hall–Kier alpha value is -0.830. The summed E-state index contributed by atoms with van der Waals surface area (Å²) in [5, 5.41) is 0. The van der Waals surface area contributed by atoms with Gasteiger partial charge in [-0.1, -0.05) is 6.08 Å². The molecule has 3 nitrogen and oxygen atoms in total. The predicted octanol–water partition coefficient (Wildman–Crippen LogP) is 1.14. The van der Waals surface area contributed by atoms with Crippen LogP contribution >= 0.6 is 0 Å². The lowest BCUT2D eigenvalue weighted by Crippen LogP contribution is -2.23. The molecule has 0 unspecified atom stereocenters. The first-order chi connectivity index (χ1) is 5.22. The van der Waals surface area contributed by atoms with Gasteiger partial charge in [0, 0.05) is 0 Å². The van der Waals surface area contributed by atoms with E-state index in [-0.39, 0.29) is 5.97 Å². The van der Waals surface area contributed by atoms with E-state index in [1.54, 1.807) is 19.9 Å². The molecule has 0 aromatic carbocycles. The Balaban J connectivity index is 3.54. The topological polar surface area (TPSA) is 35.5 Å². The van der Waals surface area contributed by atoms with Crippen LogP contribution < -0.4 is 0 Å². The molecule has 0 radical (unpaired) electrons. The summed E-state index contributed by atoms with van der Waals surface area (Å²) in [6, 6.07) is 0. The van der Waals surface area contributed by atoms with Crippen molar-refractivity contribution in [3.63, 3.8) is 0 Å². The van der Waals surface area contributed by atoms with E-state index in [0.717, 1.165) is 0 Å². The molecule has 64 valence electrons. The smallest absolute Gasteiger partial charge is 0.334 e. The fourth-order valence-electron chi connectivity index (χ4n) is 0.540. The second-order valence-electron chi connectivity index (χ2n) is 2.02. The van der Waals surface area contributed by atoms with Crippen LogP contribution in [0.1, 0.15) is 13.8 Å². The molecular weight excluding hydrogens is 144 g/mol. The van der Waals surface area contributed by atoms with Crippen molar-refractivity contribution in [3.8, 4) is 0 Å². The number of hydrogen-bond acceptors (Lipinski definition) is 3. The molecule has 0 saturated heterocycles. The lowest BCUT2D eigenvalue weighted by Gasteiger charge is -2.09. The highest BCUT2D eigenvalue weighted by atomic mass is 16.6. The van der Waals surface area contributed by atoms with Crippen LogP contribution in [0.3, 0.4) is 0 Å². The number of hydrogen-bond donors (Lipinski definition) is 0. The van der Waals surface area contributed by atoms with Gasteiger partial charge < -0.3 is 9.47 Å². The monoisotopic (exact) mass is 158 g/mol. The van der Waals surface area contributed by atoms with Gasteiger partial charge in [-0.15, -0.1) is 6.58 Å². The number of carbonyl (C=O) groups is 1. The molecular formula is C8H14O3. The summed E-state index contributed by atoms with van der Waals surface area (Å²) < 4.78 is 9.72. The number of rotatable bonds is 5. The molecule has 0 saturated carbocycles. The first-order valence-electron chi connectivity index (χ1n) is 3.61. The highest BCUT2D eigenvalue weighted by Crippen LogP contribution is 1.93. The molecule has 0 N–H and O–H groups in total. The van der Waals surface area contributed by atoms with Crippen LogP contribution in [0.5, 0.6) is 0 Å². The molecule has 0 spiro atoms. The van der Waals surface area contributed by atoms with E-state index in [2.05, 4.69) is 6.58 Å². The zero-order valence-corrected chi connectivity index (χ0v) is 7.00. The Bertz CT molecular complexity index is 131. The molecule has 0 rings (SSSR count). The third-order valence-electron chi connectivity index (χ3n) is 1.08. The van der Waals surface area contributed by atoms with Crippen LogP contribution in [0.25, 0.3) is 0 Å². The largest absolute Gasteiger partial charge is 0.464 e. The van der Waals surface area contributed by atoms with Gasteiger partial charge in [-0.05, 0) is 13.8 Å². The highest BCUT2D eigenvalue weighted by molar-refractivity contribution is 5.74. The average Bonchev–Trinajstić information content (AvgIpc) is 2.00. The fraction of sp³-hybridized carbons (Fsp3) is 0.625. The Morgan fingerprint density at radius 3 is 2.82 bits per heavy atom. The summed E-state index contributed by atoms with van der Waals surface area (Å²) in [5.74, 6) is -0.325. The molecule has 0 heterocycles. The first-order valence-corrected chi connectivity index (χ1v) is 3.61. The van der Waals surface area contributed by atoms with Gasteiger partial charge in [0.2, 0.25) is 0 Å². The van der Waals surface area contributed by atoms with Gasteiger partial charge in [-0.3, -0.25) is 0 Å². The summed E-state index contributed by atoms with van der Waals surface area (Å²) in [6.45, 7) is 7.64. The van der Waals surface area contributed by atoms with Crippen molar-refractivity contribution >= 4 is 5.97 Å². The third-order valence-corrected chi connectivity index (χ3v) is 1.08. The SMILES string of the molecule is C=CCO[C@@H](C)C(=O)OCC. The second kappa shape index (κ2) is 5.92. The van der Waals surface area contributed by atoms with Gasteiger partial charge in [-0.2, -0.15) is 0 Å². The number of carbonyl (C=O) groups excluding carboxylic acids is 1. The Labute approximate surface area is 67.0 Å². The third kappa shape index (κ3) is 4.56. The molecule has 0 bridgehead atoms. The molecule has 0 aliphatic heterocycles. The van der Waals surface area contributed by atoms with Crippen molar-refractivity contribution in [1.29, 1.82) is 0 Å². The van der Waals surface area contributed by atoms with Crippen LogP contribution in [-0.4, -0.2) is 25.3 Å². The maximum atomic E-state index is 10.9. The zero-order valence-electron chi connectivity index (χ0n) is 7.00. The molecule has 0 aromatic rings. The Kier molecular flexibility index (Phi) is 5.47. The minimum atomic E-state index is -0.493. The normalized spacial score (nSPS) is 12.2. The number of ether oxygens (including phenoxy) is 2. The van der Waals surface area contributed by atoms with E-state index in [4.69, 9.17) is 9.47 Å². The van der Waals surface area contributed by atoms with Gasteiger partial charge >= 0.3 is 5.97 Å². The van der Waals surface area contributed by atoms with E-state index in [9.17, 15) is 4.79 Å². The summed E-state index contributed by atoms with van der Waals surface area (Å²) >= 11 is 0. The minimum absolute atomic E-state index is 0.325. The van der Waals surface area contributed by atoms with E-state index in [0.29, 0.717) is 13.2 Å². The van der Waals surface area contributed by atoms with E-state index < -0.39 is 6.10 Å². The van der Waals surface area contributed by atoms with Crippen molar-refractivity contribution in [1.82, 2.24) is 0 Å². The van der Waals surface area contributed by atoms with Gasteiger partial charge in [0.1, 0.15) is 0 Å². The molecule has 0 aliphatic rings. The lowest BCUT2D eigenvalue weighted by molar-refractivity contribution is -0.154. The van der Waals surface area contributed by atoms with Crippen molar-refractivity contribution in [2.24, 2.45) is 0 Å². The van der Waals surface area contributed by atoms with Crippen LogP contribution in [-0.2, 0) is 14.3 Å². The average molecular weight is 158 g/mol. The van der Waals surface area contributed by atoms with Crippen molar-refractivity contribution in [3.05, 3.63) is 12.7 Å². The maximum absolute atomic E-state index is 10.9. The van der Waals surface area contributed by atoms with Gasteiger partial charge in [-0.25, -0.2) is 4.79 Å². The second-order valence-corrected chi connectivity index (χ2v) is 2.02. The quantitative estimate of drug-likeness (QED) is 0.444. The summed E-state index contributed by atoms with van der Waals surface area (Å²) in [7, 11) is 0. The fourth-order valence-corrected chi connectivity index (χ4v) is 0.540. The molecule has 0 aromatic heterocycles. The van der Waals surface area contributed by atoms with Gasteiger partial charge in [0.25, 0.3) is 0 Å². The van der Waals surface area contributed by atoms with E-state index in [1.807, 2.05) is 0 Å². The first kappa shape index (κ1) is 10.2. The number of esters is 1. The lowest BCUT2D eigenvalue weighted by atomic mass is 10.4. The van der Waals surface area contributed by atoms with Gasteiger partial charge in [0.15, 0.2) is 6.10 Å². The molecule has 1 atom stereocenters. The molecule has 0 aliphatic carbocycles. The highest BCUT2D eigenvalue weighted by Gasteiger charge is 2.12. The minimum Gasteiger partial charge on any atom is -0.464 e. The van der Waals surface area contributed by atoms with Crippen LogP contribution in [0, 0.1) is 0 Å². The summed E-state index contributed by atoms with van der Waals surface area (Å²) in [6.07, 6.45) is 1.10. The van der Waals surface area contributed by atoms with Gasteiger partial charge in [0.05, 0.1) is 13.2 Å². The Morgan fingerprint density at radius 1 is 1.73 bits per heavy atom. The molecule has 0 amide bonds. The summed E-state index contributed by atoms with van der Waals surface area (Å²) in [5.41, 5.74) is 0. The van der Waals surface area contributed by atoms with E-state index in [1.165, 1.54) is 0 Å². The summed E-state index contributed by atoms with van der Waals surface area (Å²) in [4.78, 5) is 10.9. The molecule has 0 fully saturated rings. The van der Waals surface area contributed by atoms with Crippen LogP contribution in [0.15, 0.2) is 12.7 Å². The van der Waals surface area contributed by atoms with Crippen molar-refractivity contribution in [2.75, 3.05) is 13.2 Å². The predicted molar refractivity (Wildman–Crippen MR) is 42.2 cm³/mol. The van der Waals surface area contributed by atoms with Crippen molar-refractivity contribution < 1.29 is 14.3 Å². The molecule has 11 heavy (non-hydrogen) atoms. The van der Waals surface area contributed by atoms with Crippen LogP contribution in [0.2, 0.25) is 0 Å². The maximum Gasteiger partial charge on any atom is 0.334 e. The zero-order chi connectivity index (χ0) is 8.69. The molecule has 3 heteroatoms. The van der Waals surface area contributed by atoms with E-state index >= 15 is 0 Å². The van der Waals surface area contributed by atoms with Crippen molar-refractivity contribution in [2.45, 2.75) is 20.0 Å². The van der Waals surface area contributed by atoms with Crippen LogP contribution in [0.4, 0.5) is 0 Å². The standard InChI is InChI=1S/C8H14O3/c1-4-6-11-7(3)8(9)10-5-2/h4,7H,1,5-6H2,2-3H3/t7-/m0/s1. The Morgan fingerprint density at radius 2 is 2.36 bits per heavy atom.